The molecule has 0 aliphatic heterocycles. The molecule has 1 rings (SSSR count). The molecule has 0 unspecified atom stereocenters. The van der Waals surface area contributed by atoms with Crippen LogP contribution < -0.4 is 0 Å². The van der Waals surface area contributed by atoms with Crippen LogP contribution in [0.25, 0.3) is 10.4 Å². The van der Waals surface area contributed by atoms with Crippen molar-refractivity contribution in [3.63, 3.8) is 0 Å². The van der Waals surface area contributed by atoms with E-state index in [1.54, 1.807) is 6.07 Å². The van der Waals surface area contributed by atoms with E-state index in [-0.39, 0.29) is 0 Å². The van der Waals surface area contributed by atoms with Gasteiger partial charge in [-0.1, -0.05) is 34.2 Å². The topological polar surface area (TPSA) is 81.4 Å². The Morgan fingerprint density at radius 3 is 3.12 bits per heavy atom. The molecule has 0 aromatic heterocycles. The molecule has 5 heteroatoms. The van der Waals surface area contributed by atoms with Gasteiger partial charge in [-0.15, -0.1) is 0 Å². The van der Waals surface area contributed by atoms with E-state index in [9.17, 15) is 0 Å². The van der Waals surface area contributed by atoms with Gasteiger partial charge in [0.2, 0.25) is 0 Å². The molecule has 0 saturated carbocycles. The molecule has 1 N–H and O–H groups in total. The van der Waals surface area contributed by atoms with E-state index in [4.69, 9.17) is 10.7 Å². The van der Waals surface area contributed by atoms with Crippen molar-refractivity contribution in [1.82, 2.24) is 0 Å². The van der Waals surface area contributed by atoms with Crippen molar-refractivity contribution in [3.05, 3.63) is 45.8 Å². The number of hydrogen-bond acceptors (Lipinski definition) is 3. The van der Waals surface area contributed by atoms with Gasteiger partial charge in [-0.3, -0.25) is 0 Å². The van der Waals surface area contributed by atoms with Crippen LogP contribution in [0.4, 0.5) is 0 Å². The number of rotatable bonds is 3. The second-order valence-electron chi connectivity index (χ2n) is 2.88. The van der Waals surface area contributed by atoms with Crippen LogP contribution in [0.3, 0.4) is 0 Å². The standard InChI is InChI=1S/C11H10N4O/c12-15-13-7-2-1-4-10-5-3-6-11(8-10)9-14-16/h3,5-6,8-9,16H,2,7H2. The maximum Gasteiger partial charge on any atom is 0.0734 e. The Bertz CT molecular complexity index is 478. The minimum atomic E-state index is 0.376. The molecule has 0 amide bonds. The fourth-order valence-electron chi connectivity index (χ4n) is 1.08. The maximum atomic E-state index is 8.37. The molecule has 0 fully saturated rings. The average molecular weight is 214 g/mol. The SMILES string of the molecule is [N-]=[N+]=NCCC#Cc1cccc(C=NO)c1. The lowest BCUT2D eigenvalue weighted by Gasteiger charge is -1.92. The Morgan fingerprint density at radius 1 is 1.50 bits per heavy atom. The van der Waals surface area contributed by atoms with E-state index < -0.39 is 0 Å². The van der Waals surface area contributed by atoms with Crippen LogP contribution in [0.15, 0.2) is 34.5 Å². The summed E-state index contributed by atoms with van der Waals surface area (Å²) < 4.78 is 0. The van der Waals surface area contributed by atoms with Crippen LogP contribution in [0, 0.1) is 11.8 Å². The van der Waals surface area contributed by atoms with Gasteiger partial charge in [-0.2, -0.15) is 0 Å². The fourth-order valence-corrected chi connectivity index (χ4v) is 1.08. The second-order valence-corrected chi connectivity index (χ2v) is 2.88. The summed E-state index contributed by atoms with van der Waals surface area (Å²) in [4.78, 5) is 2.63. The minimum Gasteiger partial charge on any atom is -0.411 e. The molecule has 1 aromatic rings. The van der Waals surface area contributed by atoms with Crippen LogP contribution in [0.2, 0.25) is 0 Å². The zero-order valence-electron chi connectivity index (χ0n) is 8.54. The molecule has 0 aliphatic carbocycles. The molecule has 0 aliphatic rings. The van der Waals surface area contributed by atoms with Crippen LogP contribution in [0.1, 0.15) is 17.5 Å². The highest BCUT2D eigenvalue weighted by Crippen LogP contribution is 2.01. The van der Waals surface area contributed by atoms with Gasteiger partial charge in [0, 0.05) is 23.4 Å². The lowest BCUT2D eigenvalue weighted by Crippen LogP contribution is -1.82. The molecule has 80 valence electrons. The first kappa shape index (κ1) is 11.6. The molecule has 0 spiro atoms. The third-order valence-electron chi connectivity index (χ3n) is 1.73. The van der Waals surface area contributed by atoms with Gasteiger partial charge in [-0.25, -0.2) is 0 Å². The molecular formula is C11H10N4O. The fraction of sp³-hybridized carbons (Fsp3) is 0.182. The van der Waals surface area contributed by atoms with Crippen LogP contribution >= 0.6 is 0 Å². The molecular weight excluding hydrogens is 204 g/mol. The van der Waals surface area contributed by atoms with Gasteiger partial charge < -0.3 is 5.21 Å². The van der Waals surface area contributed by atoms with E-state index >= 15 is 0 Å². The van der Waals surface area contributed by atoms with E-state index in [1.807, 2.05) is 18.2 Å². The molecule has 0 atom stereocenters. The zero-order chi connectivity index (χ0) is 11.6. The van der Waals surface area contributed by atoms with Crippen molar-refractivity contribution in [1.29, 1.82) is 0 Å². The molecule has 5 nitrogen and oxygen atoms in total. The summed E-state index contributed by atoms with van der Waals surface area (Å²) in [5, 5.41) is 14.7. The van der Waals surface area contributed by atoms with Crippen molar-refractivity contribution in [2.45, 2.75) is 6.42 Å². The highest BCUT2D eigenvalue weighted by molar-refractivity contribution is 5.79. The summed E-state index contributed by atoms with van der Waals surface area (Å²) >= 11 is 0. The van der Waals surface area contributed by atoms with Crippen molar-refractivity contribution in [3.8, 4) is 11.8 Å². The van der Waals surface area contributed by atoms with Gasteiger partial charge >= 0.3 is 0 Å². The first-order chi connectivity index (χ1) is 7.86. The van der Waals surface area contributed by atoms with E-state index in [1.165, 1.54) is 6.21 Å². The maximum absolute atomic E-state index is 8.37. The summed E-state index contributed by atoms with van der Waals surface area (Å²) in [6.07, 6.45) is 1.87. The van der Waals surface area contributed by atoms with Crippen molar-refractivity contribution in [2.24, 2.45) is 10.3 Å². The molecule has 1 aromatic carbocycles. The monoisotopic (exact) mass is 214 g/mol. The average Bonchev–Trinajstić information content (AvgIpc) is 2.30. The van der Waals surface area contributed by atoms with Crippen molar-refractivity contribution in [2.75, 3.05) is 6.54 Å². The number of benzene rings is 1. The van der Waals surface area contributed by atoms with Crippen LogP contribution in [-0.2, 0) is 0 Å². The summed E-state index contributed by atoms with van der Waals surface area (Å²) in [5.74, 6) is 5.81. The molecule has 16 heavy (non-hydrogen) atoms. The number of hydrogen-bond donors (Lipinski definition) is 1. The minimum absolute atomic E-state index is 0.376. The number of azide groups is 1. The quantitative estimate of drug-likeness (QED) is 0.120. The van der Waals surface area contributed by atoms with E-state index in [0.29, 0.717) is 13.0 Å². The summed E-state index contributed by atoms with van der Waals surface area (Å²) in [5.41, 5.74) is 9.66. The third-order valence-corrected chi connectivity index (χ3v) is 1.73. The highest BCUT2D eigenvalue weighted by atomic mass is 16.4. The smallest absolute Gasteiger partial charge is 0.0734 e. The zero-order valence-corrected chi connectivity index (χ0v) is 8.54. The van der Waals surface area contributed by atoms with E-state index in [0.717, 1.165) is 11.1 Å². The van der Waals surface area contributed by atoms with Gasteiger partial charge in [0.05, 0.1) is 6.21 Å². The first-order valence-electron chi connectivity index (χ1n) is 4.64. The van der Waals surface area contributed by atoms with Crippen molar-refractivity contribution < 1.29 is 5.21 Å². The molecule has 0 saturated heterocycles. The van der Waals surface area contributed by atoms with Crippen LogP contribution in [-0.4, -0.2) is 18.0 Å². The summed E-state index contributed by atoms with van der Waals surface area (Å²) in [7, 11) is 0. The Labute approximate surface area is 93.0 Å². The lowest BCUT2D eigenvalue weighted by atomic mass is 10.1. The third kappa shape index (κ3) is 4.18. The normalized spacial score (nSPS) is 9.25. The second kappa shape index (κ2) is 6.93. The van der Waals surface area contributed by atoms with Gasteiger partial charge in [0.1, 0.15) is 0 Å². The van der Waals surface area contributed by atoms with Gasteiger partial charge in [0.15, 0.2) is 0 Å². The molecule has 0 radical (unpaired) electrons. The number of nitrogens with zero attached hydrogens (tertiary/aromatic N) is 4. The predicted molar refractivity (Wildman–Crippen MR) is 61.3 cm³/mol. The Kier molecular flexibility index (Phi) is 5.04. The van der Waals surface area contributed by atoms with Crippen LogP contribution in [0.5, 0.6) is 0 Å². The first-order valence-corrected chi connectivity index (χ1v) is 4.64. The lowest BCUT2D eigenvalue weighted by molar-refractivity contribution is 0.322. The van der Waals surface area contributed by atoms with E-state index in [2.05, 4.69) is 27.0 Å². The van der Waals surface area contributed by atoms with Gasteiger partial charge in [0.25, 0.3) is 0 Å². The Balaban J connectivity index is 2.65. The highest BCUT2D eigenvalue weighted by Gasteiger charge is 1.89. The van der Waals surface area contributed by atoms with Gasteiger partial charge in [-0.05, 0) is 23.2 Å². The van der Waals surface area contributed by atoms with Crippen molar-refractivity contribution >= 4 is 6.21 Å². The largest absolute Gasteiger partial charge is 0.411 e. The summed E-state index contributed by atoms with van der Waals surface area (Å²) in [6, 6.07) is 7.30. The molecule has 0 bridgehead atoms. The molecule has 0 heterocycles. The summed E-state index contributed by atoms with van der Waals surface area (Å²) in [6.45, 7) is 0.376. The predicted octanol–water partition coefficient (Wildman–Crippen LogP) is 2.55. The Hall–Kier alpha value is -2.44. The Morgan fingerprint density at radius 2 is 2.38 bits per heavy atom. The number of oxime groups is 1.